The number of thioether (sulfide) groups is 1. The highest BCUT2D eigenvalue weighted by Gasteiger charge is 2.12. The fraction of sp³-hybridized carbons (Fsp3) is 0.308. The lowest BCUT2D eigenvalue weighted by Crippen LogP contribution is -2.04. The van der Waals surface area contributed by atoms with Crippen LogP contribution in [-0.2, 0) is 16.9 Å². The van der Waals surface area contributed by atoms with Crippen molar-refractivity contribution in [2.75, 3.05) is 7.11 Å². The van der Waals surface area contributed by atoms with Gasteiger partial charge in [0.25, 0.3) is 0 Å². The predicted molar refractivity (Wildman–Crippen MR) is 76.6 cm³/mol. The molecule has 0 unspecified atom stereocenters. The summed E-state index contributed by atoms with van der Waals surface area (Å²) >= 11 is 2.84. The highest BCUT2D eigenvalue weighted by atomic mass is 32.2. The van der Waals surface area contributed by atoms with Crippen molar-refractivity contribution in [2.45, 2.75) is 23.4 Å². The van der Waals surface area contributed by atoms with Crippen molar-refractivity contribution in [1.29, 1.82) is 0 Å². The first kappa shape index (κ1) is 14.9. The summed E-state index contributed by atoms with van der Waals surface area (Å²) in [6.07, 6.45) is 0.805. The predicted octanol–water partition coefficient (Wildman–Crippen LogP) is 3.32. The molecule has 1 aromatic heterocycles. The molecule has 0 bridgehead atoms. The third-order valence-corrected chi connectivity index (χ3v) is 4.51. The number of rotatable bonds is 5. The van der Waals surface area contributed by atoms with E-state index in [0.29, 0.717) is 5.75 Å². The van der Waals surface area contributed by atoms with E-state index in [9.17, 15) is 9.18 Å². The molecule has 0 aliphatic heterocycles. The summed E-state index contributed by atoms with van der Waals surface area (Å²) in [6.45, 7) is 2.00. The Labute approximate surface area is 124 Å². The quantitative estimate of drug-likeness (QED) is 0.626. The summed E-state index contributed by atoms with van der Waals surface area (Å²) in [5.74, 6) is 0.168. The van der Waals surface area contributed by atoms with Crippen LogP contribution in [0.3, 0.4) is 0 Å². The average molecular weight is 312 g/mol. The van der Waals surface area contributed by atoms with Gasteiger partial charge in [0.2, 0.25) is 0 Å². The van der Waals surface area contributed by atoms with Crippen molar-refractivity contribution < 1.29 is 13.9 Å². The van der Waals surface area contributed by atoms with Crippen LogP contribution in [0.4, 0.5) is 4.39 Å². The molecule has 1 heterocycles. The molecule has 20 heavy (non-hydrogen) atoms. The van der Waals surface area contributed by atoms with Crippen LogP contribution in [0.5, 0.6) is 0 Å². The van der Waals surface area contributed by atoms with E-state index in [-0.39, 0.29) is 5.56 Å². The van der Waals surface area contributed by atoms with E-state index >= 15 is 0 Å². The maximum Gasteiger partial charge on any atom is 0.340 e. The first-order chi connectivity index (χ1) is 9.63. The molecule has 0 spiro atoms. The number of ether oxygens (including phenoxy) is 1. The van der Waals surface area contributed by atoms with Gasteiger partial charge < -0.3 is 4.74 Å². The van der Waals surface area contributed by atoms with Crippen molar-refractivity contribution in [2.24, 2.45) is 0 Å². The molecule has 0 amide bonds. The van der Waals surface area contributed by atoms with Gasteiger partial charge in [-0.15, -0.1) is 0 Å². The zero-order valence-corrected chi connectivity index (χ0v) is 12.7. The van der Waals surface area contributed by atoms with E-state index in [2.05, 4.69) is 14.1 Å². The molecule has 106 valence electrons. The van der Waals surface area contributed by atoms with Gasteiger partial charge in [0.1, 0.15) is 11.6 Å². The molecule has 2 aromatic rings. The van der Waals surface area contributed by atoms with Gasteiger partial charge in [-0.25, -0.2) is 14.2 Å². The number of aromatic nitrogens is 2. The van der Waals surface area contributed by atoms with Gasteiger partial charge in [0, 0.05) is 12.2 Å². The highest BCUT2D eigenvalue weighted by Crippen LogP contribution is 2.25. The van der Waals surface area contributed by atoms with E-state index in [1.54, 1.807) is 6.07 Å². The maximum absolute atomic E-state index is 13.7. The largest absolute Gasteiger partial charge is 0.465 e. The Bertz CT molecular complexity index is 616. The van der Waals surface area contributed by atoms with Gasteiger partial charge in [-0.1, -0.05) is 24.8 Å². The first-order valence-electron chi connectivity index (χ1n) is 5.96. The van der Waals surface area contributed by atoms with Crippen LogP contribution in [0.15, 0.2) is 22.5 Å². The van der Waals surface area contributed by atoms with E-state index in [0.717, 1.165) is 22.1 Å². The van der Waals surface area contributed by atoms with Gasteiger partial charge in [0.05, 0.1) is 12.7 Å². The fourth-order valence-corrected chi connectivity index (χ4v) is 3.15. The number of esters is 1. The molecular formula is C13H13FN2O2S2. The molecule has 4 nitrogen and oxygen atoms in total. The van der Waals surface area contributed by atoms with Gasteiger partial charge >= 0.3 is 5.97 Å². The van der Waals surface area contributed by atoms with E-state index in [1.165, 1.54) is 42.5 Å². The van der Waals surface area contributed by atoms with Crippen LogP contribution in [0.2, 0.25) is 0 Å². The zero-order valence-electron chi connectivity index (χ0n) is 11.1. The van der Waals surface area contributed by atoms with Crippen LogP contribution in [0.1, 0.15) is 28.7 Å². The number of carbonyl (C=O) groups excluding carboxylic acids is 1. The lowest BCUT2D eigenvalue weighted by atomic mass is 10.1. The smallest absolute Gasteiger partial charge is 0.340 e. The summed E-state index contributed by atoms with van der Waals surface area (Å²) in [5, 5.41) is 0. The minimum Gasteiger partial charge on any atom is -0.465 e. The molecule has 0 N–H and O–H groups in total. The van der Waals surface area contributed by atoms with Gasteiger partial charge in [-0.2, -0.15) is 4.37 Å². The number of halogens is 1. The maximum atomic E-state index is 13.7. The Kier molecular flexibility index (Phi) is 5.08. The topological polar surface area (TPSA) is 52.1 Å². The molecule has 0 fully saturated rings. The van der Waals surface area contributed by atoms with Crippen molar-refractivity contribution in [3.8, 4) is 0 Å². The van der Waals surface area contributed by atoms with E-state index in [4.69, 9.17) is 0 Å². The van der Waals surface area contributed by atoms with Crippen LogP contribution in [0.25, 0.3) is 0 Å². The number of nitrogens with zero attached hydrogens (tertiary/aromatic N) is 2. The minimum atomic E-state index is -0.668. The number of methoxy groups -OCH3 is 1. The van der Waals surface area contributed by atoms with E-state index in [1.807, 2.05) is 6.92 Å². The van der Waals surface area contributed by atoms with E-state index < -0.39 is 11.8 Å². The second-order valence-corrected chi connectivity index (χ2v) is 5.90. The molecule has 7 heteroatoms. The van der Waals surface area contributed by atoms with Crippen molar-refractivity contribution in [3.05, 3.63) is 41.0 Å². The molecule has 0 aliphatic rings. The van der Waals surface area contributed by atoms with Crippen LogP contribution in [-0.4, -0.2) is 22.4 Å². The number of carbonyl (C=O) groups is 1. The van der Waals surface area contributed by atoms with Gasteiger partial charge in [-0.3, -0.25) is 0 Å². The molecule has 0 atom stereocenters. The van der Waals surface area contributed by atoms with Crippen LogP contribution >= 0.6 is 23.3 Å². The minimum absolute atomic E-state index is 0.0505. The summed E-state index contributed by atoms with van der Waals surface area (Å²) in [7, 11) is 1.23. The van der Waals surface area contributed by atoms with Crippen molar-refractivity contribution >= 4 is 29.3 Å². The number of aryl methyl sites for hydroxylation is 1. The highest BCUT2D eigenvalue weighted by molar-refractivity contribution is 8.00. The summed E-state index contributed by atoms with van der Waals surface area (Å²) in [4.78, 5) is 15.6. The van der Waals surface area contributed by atoms with Gasteiger partial charge in [-0.05, 0) is 29.2 Å². The van der Waals surface area contributed by atoms with Crippen LogP contribution < -0.4 is 0 Å². The number of hydrogen-bond acceptors (Lipinski definition) is 6. The Hall–Kier alpha value is -1.47. The first-order valence-corrected chi connectivity index (χ1v) is 7.72. The zero-order chi connectivity index (χ0) is 14.5. The van der Waals surface area contributed by atoms with Crippen LogP contribution in [0, 0.1) is 5.82 Å². The number of benzene rings is 1. The third-order valence-electron chi connectivity index (χ3n) is 2.57. The fourth-order valence-electron chi connectivity index (χ4n) is 1.51. The second kappa shape index (κ2) is 6.81. The molecular weight excluding hydrogens is 299 g/mol. The molecule has 1 aromatic carbocycles. The lowest BCUT2D eigenvalue weighted by Gasteiger charge is -2.03. The molecule has 2 rings (SSSR count). The summed E-state index contributed by atoms with van der Waals surface area (Å²) < 4.78 is 23.3. The normalized spacial score (nSPS) is 10.6. The van der Waals surface area contributed by atoms with Crippen molar-refractivity contribution in [3.63, 3.8) is 0 Å². The summed E-state index contributed by atoms with van der Waals surface area (Å²) in [6, 6.07) is 4.50. The molecule has 0 radical (unpaired) electrons. The standard InChI is InChI=1S/C13H13FN2O2S2/c1-3-11-15-13(20-16-11)19-7-8-4-5-9(10(14)6-8)12(17)18-2/h4-6H,3,7H2,1-2H3. The molecule has 0 saturated carbocycles. The monoisotopic (exact) mass is 312 g/mol. The Morgan fingerprint density at radius 2 is 2.30 bits per heavy atom. The summed E-state index contributed by atoms with van der Waals surface area (Å²) in [5.41, 5.74) is 0.735. The Morgan fingerprint density at radius 3 is 2.90 bits per heavy atom. The average Bonchev–Trinajstić information content (AvgIpc) is 2.92. The lowest BCUT2D eigenvalue weighted by molar-refractivity contribution is 0.0595. The molecule has 0 aliphatic carbocycles. The SMILES string of the molecule is CCc1nsc(SCc2ccc(C(=O)OC)c(F)c2)n1. The Morgan fingerprint density at radius 1 is 1.50 bits per heavy atom. The number of hydrogen-bond donors (Lipinski definition) is 0. The molecule has 0 saturated heterocycles. The second-order valence-electron chi connectivity index (χ2n) is 3.92. The van der Waals surface area contributed by atoms with Gasteiger partial charge in [0.15, 0.2) is 4.34 Å². The Balaban J connectivity index is 2.03. The third kappa shape index (κ3) is 3.55. The van der Waals surface area contributed by atoms with Crippen molar-refractivity contribution in [1.82, 2.24) is 9.36 Å².